The zero-order chi connectivity index (χ0) is 16.3. The first-order valence-corrected chi connectivity index (χ1v) is 6.67. The van der Waals surface area contributed by atoms with Crippen molar-refractivity contribution in [1.29, 1.82) is 0 Å². The van der Waals surface area contributed by atoms with E-state index >= 15 is 0 Å². The van der Waals surface area contributed by atoms with Gasteiger partial charge in [0, 0.05) is 16.8 Å². The number of rotatable bonds is 4. The molecule has 0 radical (unpaired) electrons. The van der Waals surface area contributed by atoms with Gasteiger partial charge < -0.3 is 10.2 Å². The quantitative estimate of drug-likeness (QED) is 0.840. The van der Waals surface area contributed by atoms with E-state index in [0.717, 1.165) is 11.6 Å². The zero-order valence-electron chi connectivity index (χ0n) is 11.6. The lowest BCUT2D eigenvalue weighted by Crippen LogP contribution is -2.06. The number of aromatic carboxylic acids is 2. The first-order valence-electron chi connectivity index (χ1n) is 6.30. The number of halogens is 1. The molecular weight excluding hydrogens is 306 g/mol. The number of carboxylic acid groups (broad SMARTS) is 2. The van der Waals surface area contributed by atoms with Crippen LogP contribution >= 0.6 is 11.6 Å². The van der Waals surface area contributed by atoms with E-state index in [1.807, 2.05) is 0 Å². The molecule has 0 spiro atoms. The van der Waals surface area contributed by atoms with Gasteiger partial charge in [0.05, 0.1) is 16.8 Å². The largest absolute Gasteiger partial charge is 0.478 e. The van der Waals surface area contributed by atoms with E-state index in [-0.39, 0.29) is 11.1 Å². The molecule has 0 aliphatic heterocycles. The van der Waals surface area contributed by atoms with Gasteiger partial charge in [-0.1, -0.05) is 23.7 Å². The van der Waals surface area contributed by atoms with Crippen LogP contribution in [-0.4, -0.2) is 28.4 Å². The third-order valence-corrected chi connectivity index (χ3v) is 3.52. The van der Waals surface area contributed by atoms with E-state index < -0.39 is 11.9 Å². The van der Waals surface area contributed by atoms with Gasteiger partial charge >= 0.3 is 11.9 Å². The summed E-state index contributed by atoms with van der Waals surface area (Å²) in [6, 6.07) is 9.09. The van der Waals surface area contributed by atoms with Gasteiger partial charge in [-0.15, -0.1) is 0 Å². The maximum atomic E-state index is 11.3. The van der Waals surface area contributed by atoms with Crippen molar-refractivity contribution in [1.82, 2.24) is 0 Å². The van der Waals surface area contributed by atoms with Crippen molar-refractivity contribution in [3.63, 3.8) is 0 Å². The molecule has 0 aliphatic rings. The molecule has 0 heterocycles. The molecule has 2 aromatic carbocycles. The summed E-state index contributed by atoms with van der Waals surface area (Å²) in [6.07, 6.45) is 1.38. The molecule has 2 N–H and O–H groups in total. The first-order chi connectivity index (χ1) is 10.4. The Bertz CT molecular complexity index is 784. The summed E-state index contributed by atoms with van der Waals surface area (Å²) in [7, 11) is 0. The minimum atomic E-state index is -1.22. The number of hydrogen-bond donors (Lipinski definition) is 2. The van der Waals surface area contributed by atoms with Crippen LogP contribution in [0.2, 0.25) is 5.02 Å². The summed E-state index contributed by atoms with van der Waals surface area (Å²) >= 11 is 6.00. The van der Waals surface area contributed by atoms with Gasteiger partial charge in [0.25, 0.3) is 0 Å². The molecule has 0 aliphatic carbocycles. The Hall–Kier alpha value is -2.66. The predicted octanol–water partition coefficient (Wildman–Crippen LogP) is 3.80. The second kappa shape index (κ2) is 6.41. The van der Waals surface area contributed by atoms with Crippen molar-refractivity contribution in [3.05, 3.63) is 63.7 Å². The summed E-state index contributed by atoms with van der Waals surface area (Å²) in [5.74, 6) is -2.40. The third-order valence-electron chi connectivity index (χ3n) is 3.11. The van der Waals surface area contributed by atoms with Crippen LogP contribution in [-0.2, 0) is 0 Å². The van der Waals surface area contributed by atoms with E-state index in [4.69, 9.17) is 16.7 Å². The minimum absolute atomic E-state index is 0.0894. The number of hydrogen-bond acceptors (Lipinski definition) is 3. The van der Waals surface area contributed by atoms with Gasteiger partial charge in [0.2, 0.25) is 0 Å². The summed E-state index contributed by atoms with van der Waals surface area (Å²) in [6.45, 7) is 1.81. The summed E-state index contributed by atoms with van der Waals surface area (Å²) in [5, 5.41) is 18.7. The molecule has 112 valence electrons. The smallest absolute Gasteiger partial charge is 0.336 e. The second-order valence-electron chi connectivity index (χ2n) is 4.55. The summed E-state index contributed by atoms with van der Waals surface area (Å²) in [5.41, 5.74) is 1.50. The number of carbonyl (C=O) groups is 2. The van der Waals surface area contributed by atoms with E-state index in [1.165, 1.54) is 18.3 Å². The summed E-state index contributed by atoms with van der Waals surface area (Å²) < 4.78 is 0. The highest BCUT2D eigenvalue weighted by Crippen LogP contribution is 2.25. The van der Waals surface area contributed by atoms with E-state index in [1.54, 1.807) is 25.1 Å². The average Bonchev–Trinajstić information content (AvgIpc) is 2.48. The lowest BCUT2D eigenvalue weighted by atomic mass is 10.0. The molecule has 0 amide bonds. The van der Waals surface area contributed by atoms with Crippen LogP contribution < -0.4 is 0 Å². The Morgan fingerprint density at radius 3 is 2.50 bits per heavy atom. The molecule has 0 fully saturated rings. The molecule has 2 aromatic rings. The highest BCUT2D eigenvalue weighted by molar-refractivity contribution is 6.31. The number of nitrogens with zero attached hydrogens (tertiary/aromatic N) is 1. The van der Waals surface area contributed by atoms with Gasteiger partial charge in [-0.25, -0.2) is 9.59 Å². The molecule has 2 rings (SSSR count). The molecule has 0 atom stereocenters. The Morgan fingerprint density at radius 1 is 1.14 bits per heavy atom. The van der Waals surface area contributed by atoms with Crippen molar-refractivity contribution in [2.75, 3.05) is 0 Å². The highest BCUT2D eigenvalue weighted by atomic mass is 35.5. The van der Waals surface area contributed by atoms with Crippen LogP contribution in [0.5, 0.6) is 0 Å². The molecular formula is C16H12ClNO4. The molecule has 0 unspecified atom stereocenters. The maximum Gasteiger partial charge on any atom is 0.336 e. The Labute approximate surface area is 131 Å². The van der Waals surface area contributed by atoms with Gasteiger partial charge in [-0.05, 0) is 36.8 Å². The van der Waals surface area contributed by atoms with Crippen molar-refractivity contribution in [2.45, 2.75) is 6.92 Å². The van der Waals surface area contributed by atoms with Gasteiger partial charge in [0.15, 0.2) is 0 Å². The van der Waals surface area contributed by atoms with Crippen LogP contribution in [0.15, 0.2) is 41.4 Å². The molecule has 0 saturated carbocycles. The van der Waals surface area contributed by atoms with Crippen LogP contribution in [0.1, 0.15) is 31.8 Å². The van der Waals surface area contributed by atoms with Gasteiger partial charge in [0.1, 0.15) is 0 Å². The van der Waals surface area contributed by atoms with Crippen LogP contribution in [0.25, 0.3) is 0 Å². The predicted molar refractivity (Wildman–Crippen MR) is 83.8 cm³/mol. The topological polar surface area (TPSA) is 87.0 Å². The SMILES string of the molecule is Cc1c(Cl)cccc1N=Cc1ccc(C(=O)O)cc1C(=O)O. The van der Waals surface area contributed by atoms with Crippen molar-refractivity contribution in [2.24, 2.45) is 4.99 Å². The van der Waals surface area contributed by atoms with E-state index in [9.17, 15) is 14.7 Å². The van der Waals surface area contributed by atoms with Gasteiger partial charge in [-0.2, -0.15) is 0 Å². The van der Waals surface area contributed by atoms with Crippen molar-refractivity contribution >= 4 is 35.4 Å². The monoisotopic (exact) mass is 317 g/mol. The minimum Gasteiger partial charge on any atom is -0.478 e. The molecule has 6 heteroatoms. The number of carboxylic acids is 2. The van der Waals surface area contributed by atoms with E-state index in [0.29, 0.717) is 16.3 Å². The molecule has 0 aromatic heterocycles. The fourth-order valence-corrected chi connectivity index (χ4v) is 2.03. The fourth-order valence-electron chi connectivity index (χ4n) is 1.86. The maximum absolute atomic E-state index is 11.3. The molecule has 0 saturated heterocycles. The summed E-state index contributed by atoms with van der Waals surface area (Å²) in [4.78, 5) is 26.4. The number of benzene rings is 2. The molecule has 0 bridgehead atoms. The second-order valence-corrected chi connectivity index (χ2v) is 4.96. The normalized spacial score (nSPS) is 10.8. The average molecular weight is 318 g/mol. The highest BCUT2D eigenvalue weighted by Gasteiger charge is 2.13. The Morgan fingerprint density at radius 2 is 1.86 bits per heavy atom. The molecule has 5 nitrogen and oxygen atoms in total. The Kier molecular flexibility index (Phi) is 4.58. The van der Waals surface area contributed by atoms with Gasteiger partial charge in [-0.3, -0.25) is 4.99 Å². The zero-order valence-corrected chi connectivity index (χ0v) is 12.3. The third kappa shape index (κ3) is 3.32. The first kappa shape index (κ1) is 15.7. The molecule has 22 heavy (non-hydrogen) atoms. The Balaban J connectivity index is 2.44. The van der Waals surface area contributed by atoms with E-state index in [2.05, 4.69) is 4.99 Å². The van der Waals surface area contributed by atoms with Crippen LogP contribution in [0, 0.1) is 6.92 Å². The number of aliphatic imine (C=N–C) groups is 1. The standard InChI is InChI=1S/C16H12ClNO4/c1-9-13(17)3-2-4-14(9)18-8-11-6-5-10(15(19)20)7-12(11)16(21)22/h2-8H,1H3,(H,19,20)(H,21,22). The van der Waals surface area contributed by atoms with Crippen LogP contribution in [0.3, 0.4) is 0 Å². The van der Waals surface area contributed by atoms with Crippen molar-refractivity contribution < 1.29 is 19.8 Å². The van der Waals surface area contributed by atoms with Crippen molar-refractivity contribution in [3.8, 4) is 0 Å². The lowest BCUT2D eigenvalue weighted by molar-refractivity contribution is 0.0695. The fraction of sp³-hybridized carbons (Fsp3) is 0.0625. The lowest BCUT2D eigenvalue weighted by Gasteiger charge is -2.04. The van der Waals surface area contributed by atoms with Crippen LogP contribution in [0.4, 0.5) is 5.69 Å².